The van der Waals surface area contributed by atoms with E-state index < -0.39 is 0 Å². The third kappa shape index (κ3) is 2.15. The predicted octanol–water partition coefficient (Wildman–Crippen LogP) is 4.57. The van der Waals surface area contributed by atoms with E-state index in [1.165, 1.54) is 77.0 Å². The number of rotatable bonds is 2. The van der Waals surface area contributed by atoms with Crippen LogP contribution in [0.1, 0.15) is 77.0 Å². The van der Waals surface area contributed by atoms with E-state index in [9.17, 15) is 0 Å². The van der Waals surface area contributed by atoms with Crippen LogP contribution in [0.2, 0.25) is 0 Å². The molecule has 102 valence electrons. The zero-order valence-electron chi connectivity index (χ0n) is 11.8. The molecule has 0 unspecified atom stereocenters. The van der Waals surface area contributed by atoms with Crippen LogP contribution in [0.15, 0.2) is 11.6 Å². The van der Waals surface area contributed by atoms with Crippen LogP contribution in [-0.2, 0) is 0 Å². The van der Waals surface area contributed by atoms with Gasteiger partial charge in [0.1, 0.15) is 0 Å². The lowest BCUT2D eigenvalue weighted by Gasteiger charge is -2.58. The molecule has 2 fully saturated rings. The molecule has 1 nitrogen and oxygen atoms in total. The summed E-state index contributed by atoms with van der Waals surface area (Å²) >= 11 is 0. The van der Waals surface area contributed by atoms with Gasteiger partial charge in [-0.1, -0.05) is 37.3 Å². The van der Waals surface area contributed by atoms with Gasteiger partial charge in [0.05, 0.1) is 0 Å². The number of hydrogen-bond acceptors (Lipinski definition) is 1. The maximum Gasteiger partial charge on any atom is 0.00450 e. The average Bonchev–Trinajstić information content (AvgIpc) is 2.63. The minimum absolute atomic E-state index is 0.435. The highest BCUT2D eigenvalue weighted by Crippen LogP contribution is 2.63. The summed E-state index contributed by atoms with van der Waals surface area (Å²) in [5.74, 6) is 0. The molecule has 0 amide bonds. The molecule has 0 radical (unpaired) electrons. The second-order valence-corrected chi connectivity index (χ2v) is 7.23. The molecule has 0 bridgehead atoms. The van der Waals surface area contributed by atoms with Gasteiger partial charge in [-0.3, -0.25) is 0 Å². The minimum atomic E-state index is 0.435. The first-order chi connectivity index (χ1) is 8.79. The Kier molecular flexibility index (Phi) is 3.53. The monoisotopic (exact) mass is 247 g/mol. The summed E-state index contributed by atoms with van der Waals surface area (Å²) in [7, 11) is 0. The molecule has 0 atom stereocenters. The van der Waals surface area contributed by atoms with Crippen LogP contribution in [-0.4, -0.2) is 6.54 Å². The summed E-state index contributed by atoms with van der Waals surface area (Å²) in [6.45, 7) is 0.903. The van der Waals surface area contributed by atoms with E-state index in [0.29, 0.717) is 10.8 Å². The van der Waals surface area contributed by atoms with Gasteiger partial charge in [0, 0.05) is 12.0 Å². The Morgan fingerprint density at radius 2 is 1.67 bits per heavy atom. The first kappa shape index (κ1) is 12.7. The Hall–Kier alpha value is -0.300. The van der Waals surface area contributed by atoms with Gasteiger partial charge in [0.15, 0.2) is 0 Å². The van der Waals surface area contributed by atoms with E-state index >= 15 is 0 Å². The topological polar surface area (TPSA) is 26.0 Å². The molecule has 1 spiro atoms. The maximum atomic E-state index is 6.19. The molecule has 0 aromatic carbocycles. The van der Waals surface area contributed by atoms with Crippen molar-refractivity contribution in [3.05, 3.63) is 11.6 Å². The van der Waals surface area contributed by atoms with Crippen LogP contribution in [0, 0.1) is 10.8 Å². The predicted molar refractivity (Wildman–Crippen MR) is 77.4 cm³/mol. The smallest absolute Gasteiger partial charge is 0.00450 e. The molecule has 0 aromatic rings. The van der Waals surface area contributed by atoms with Crippen LogP contribution in [0.5, 0.6) is 0 Å². The standard InChI is InChI=1S/C17H29N/c18-14-17(15-8-4-3-5-9-15)12-16(13-17)10-6-1-2-7-11-16/h8H,1-7,9-14,18H2. The molecule has 3 rings (SSSR count). The zero-order valence-corrected chi connectivity index (χ0v) is 11.8. The van der Waals surface area contributed by atoms with Crippen LogP contribution < -0.4 is 5.73 Å². The van der Waals surface area contributed by atoms with Crippen LogP contribution in [0.3, 0.4) is 0 Å². The van der Waals surface area contributed by atoms with E-state index in [1.807, 2.05) is 0 Å². The van der Waals surface area contributed by atoms with Gasteiger partial charge in [-0.15, -0.1) is 0 Å². The van der Waals surface area contributed by atoms with Crippen LogP contribution in [0.4, 0.5) is 0 Å². The second-order valence-electron chi connectivity index (χ2n) is 7.23. The van der Waals surface area contributed by atoms with Gasteiger partial charge < -0.3 is 5.73 Å². The summed E-state index contributed by atoms with van der Waals surface area (Å²) in [5.41, 5.74) is 9.07. The van der Waals surface area contributed by atoms with Crippen LogP contribution >= 0.6 is 0 Å². The Labute approximate surface area is 112 Å². The molecular weight excluding hydrogens is 218 g/mol. The largest absolute Gasteiger partial charge is 0.330 e. The van der Waals surface area contributed by atoms with E-state index in [-0.39, 0.29) is 0 Å². The Balaban J connectivity index is 1.71. The van der Waals surface area contributed by atoms with Gasteiger partial charge in [0.25, 0.3) is 0 Å². The first-order valence-corrected chi connectivity index (χ1v) is 8.18. The van der Waals surface area contributed by atoms with Crippen molar-refractivity contribution in [2.24, 2.45) is 16.6 Å². The SMILES string of the molecule is NCC1(C2=CCCCC2)CC2(CCCCCC2)C1. The molecule has 0 saturated heterocycles. The van der Waals surface area contributed by atoms with Crippen molar-refractivity contribution < 1.29 is 0 Å². The second kappa shape index (κ2) is 5.00. The van der Waals surface area contributed by atoms with Gasteiger partial charge in [-0.25, -0.2) is 0 Å². The van der Waals surface area contributed by atoms with E-state index in [4.69, 9.17) is 5.73 Å². The molecule has 0 heterocycles. The summed E-state index contributed by atoms with van der Waals surface area (Å²) in [6, 6.07) is 0. The van der Waals surface area contributed by atoms with E-state index in [0.717, 1.165) is 6.54 Å². The highest BCUT2D eigenvalue weighted by Gasteiger charge is 2.54. The highest BCUT2D eigenvalue weighted by molar-refractivity contribution is 5.24. The molecule has 18 heavy (non-hydrogen) atoms. The minimum Gasteiger partial charge on any atom is -0.330 e. The van der Waals surface area contributed by atoms with Crippen molar-refractivity contribution in [1.29, 1.82) is 0 Å². The molecule has 3 aliphatic rings. The first-order valence-electron chi connectivity index (χ1n) is 8.18. The van der Waals surface area contributed by atoms with Gasteiger partial charge >= 0.3 is 0 Å². The Bertz CT molecular complexity index is 313. The quantitative estimate of drug-likeness (QED) is 0.711. The summed E-state index contributed by atoms with van der Waals surface area (Å²) in [4.78, 5) is 0. The number of allylic oxidation sites excluding steroid dienone is 1. The number of hydrogen-bond donors (Lipinski definition) is 1. The molecule has 2 saturated carbocycles. The summed E-state index contributed by atoms with van der Waals surface area (Å²) in [6.07, 6.45) is 19.7. The van der Waals surface area contributed by atoms with Crippen molar-refractivity contribution >= 4 is 0 Å². The molecule has 1 heteroatoms. The molecule has 0 aromatic heterocycles. The summed E-state index contributed by atoms with van der Waals surface area (Å²) < 4.78 is 0. The lowest BCUT2D eigenvalue weighted by atomic mass is 9.47. The summed E-state index contributed by atoms with van der Waals surface area (Å²) in [5, 5.41) is 0. The van der Waals surface area contributed by atoms with Gasteiger partial charge in [-0.2, -0.15) is 0 Å². The third-order valence-electron chi connectivity index (χ3n) is 5.95. The lowest BCUT2D eigenvalue weighted by Crippen LogP contribution is -2.51. The van der Waals surface area contributed by atoms with Gasteiger partial charge in [0.2, 0.25) is 0 Å². The van der Waals surface area contributed by atoms with Crippen molar-refractivity contribution in [3.8, 4) is 0 Å². The fraction of sp³-hybridized carbons (Fsp3) is 0.882. The third-order valence-corrected chi connectivity index (χ3v) is 5.95. The Morgan fingerprint density at radius 1 is 0.944 bits per heavy atom. The van der Waals surface area contributed by atoms with E-state index in [1.54, 1.807) is 5.57 Å². The van der Waals surface area contributed by atoms with E-state index in [2.05, 4.69) is 6.08 Å². The maximum absolute atomic E-state index is 6.19. The molecule has 3 aliphatic carbocycles. The average molecular weight is 247 g/mol. The normalized spacial score (nSPS) is 30.4. The molecule has 2 N–H and O–H groups in total. The van der Waals surface area contributed by atoms with Crippen molar-refractivity contribution in [2.75, 3.05) is 6.54 Å². The fourth-order valence-electron chi connectivity index (χ4n) is 5.04. The molecular formula is C17H29N. The lowest BCUT2D eigenvalue weighted by molar-refractivity contribution is -0.0224. The number of nitrogens with two attached hydrogens (primary N) is 1. The molecule has 0 aliphatic heterocycles. The Morgan fingerprint density at radius 3 is 2.22 bits per heavy atom. The van der Waals surface area contributed by atoms with Crippen LogP contribution in [0.25, 0.3) is 0 Å². The van der Waals surface area contributed by atoms with Crippen molar-refractivity contribution in [1.82, 2.24) is 0 Å². The highest BCUT2D eigenvalue weighted by atomic mass is 14.7. The zero-order chi connectivity index (χ0) is 12.5. The van der Waals surface area contributed by atoms with Gasteiger partial charge in [-0.05, 0) is 56.8 Å². The van der Waals surface area contributed by atoms with Crippen molar-refractivity contribution in [3.63, 3.8) is 0 Å². The fourth-order valence-corrected chi connectivity index (χ4v) is 5.04. The van der Waals surface area contributed by atoms with Crippen molar-refractivity contribution in [2.45, 2.75) is 77.0 Å².